The number of hydrogen-bond acceptors (Lipinski definition) is 2. The van der Waals surface area contributed by atoms with Crippen LogP contribution in [-0.4, -0.2) is 10.2 Å². The second-order valence-corrected chi connectivity index (χ2v) is 5.62. The lowest BCUT2D eigenvalue weighted by molar-refractivity contribution is 0.413. The molecule has 0 radical (unpaired) electrons. The standard InChI is InChI=1S/C14H17N3/c15-14(7-8-14)11-6-2-5-10-12(9-3-1-4-9)16-17-13(10)11/h2,5-6,9H,1,3-4,7-8,15H2,(H,16,17). The van der Waals surface area contributed by atoms with Gasteiger partial charge in [-0.05, 0) is 25.7 Å². The van der Waals surface area contributed by atoms with Crippen molar-refractivity contribution >= 4 is 10.9 Å². The highest BCUT2D eigenvalue weighted by Gasteiger charge is 2.42. The van der Waals surface area contributed by atoms with Gasteiger partial charge in [0, 0.05) is 28.1 Å². The molecule has 1 aromatic heterocycles. The Labute approximate surface area is 100 Å². The number of hydrogen-bond donors (Lipinski definition) is 2. The van der Waals surface area contributed by atoms with E-state index in [1.165, 1.54) is 35.9 Å². The minimum absolute atomic E-state index is 0.0917. The molecule has 0 atom stereocenters. The minimum Gasteiger partial charge on any atom is -0.321 e. The number of nitrogens with zero attached hydrogens (tertiary/aromatic N) is 1. The zero-order chi connectivity index (χ0) is 11.5. The number of para-hydroxylation sites is 1. The van der Waals surface area contributed by atoms with Crippen molar-refractivity contribution in [3.05, 3.63) is 29.5 Å². The Morgan fingerprint density at radius 3 is 2.76 bits per heavy atom. The van der Waals surface area contributed by atoms with Crippen LogP contribution in [0.1, 0.15) is 49.3 Å². The summed E-state index contributed by atoms with van der Waals surface area (Å²) in [4.78, 5) is 0. The molecular formula is C14H17N3. The second kappa shape index (κ2) is 3.10. The summed E-state index contributed by atoms with van der Waals surface area (Å²) in [6.07, 6.45) is 6.14. The molecule has 0 unspecified atom stereocenters. The van der Waals surface area contributed by atoms with E-state index in [2.05, 4.69) is 28.4 Å². The molecule has 0 aliphatic heterocycles. The summed E-state index contributed by atoms with van der Waals surface area (Å²) in [5, 5.41) is 9.07. The number of nitrogens with two attached hydrogens (primary N) is 1. The van der Waals surface area contributed by atoms with Gasteiger partial charge in [-0.3, -0.25) is 5.10 Å². The molecule has 2 aromatic rings. The number of rotatable bonds is 2. The summed E-state index contributed by atoms with van der Waals surface area (Å²) in [5.41, 5.74) is 9.89. The molecule has 88 valence electrons. The predicted molar refractivity (Wildman–Crippen MR) is 67.8 cm³/mol. The average Bonchev–Trinajstić information content (AvgIpc) is 2.87. The summed E-state index contributed by atoms with van der Waals surface area (Å²) in [5.74, 6) is 0.697. The fourth-order valence-corrected chi connectivity index (χ4v) is 2.87. The van der Waals surface area contributed by atoms with Crippen LogP contribution in [0.3, 0.4) is 0 Å². The first-order valence-electron chi connectivity index (χ1n) is 6.54. The SMILES string of the molecule is NC1(c2cccc3c(C4CCC4)[nH]nc23)CC1. The minimum atomic E-state index is -0.0917. The third-order valence-corrected chi connectivity index (χ3v) is 4.45. The van der Waals surface area contributed by atoms with Gasteiger partial charge < -0.3 is 5.73 Å². The van der Waals surface area contributed by atoms with E-state index >= 15 is 0 Å². The smallest absolute Gasteiger partial charge is 0.0974 e. The maximum Gasteiger partial charge on any atom is 0.0974 e. The van der Waals surface area contributed by atoms with Gasteiger partial charge in [0.2, 0.25) is 0 Å². The van der Waals surface area contributed by atoms with Crippen molar-refractivity contribution in [1.82, 2.24) is 10.2 Å². The van der Waals surface area contributed by atoms with Crippen molar-refractivity contribution in [2.24, 2.45) is 5.73 Å². The van der Waals surface area contributed by atoms with Crippen molar-refractivity contribution in [2.45, 2.75) is 43.6 Å². The molecule has 0 spiro atoms. The van der Waals surface area contributed by atoms with Crippen molar-refractivity contribution in [3.63, 3.8) is 0 Å². The zero-order valence-electron chi connectivity index (χ0n) is 9.87. The van der Waals surface area contributed by atoms with Gasteiger partial charge in [0.05, 0.1) is 5.52 Å². The Balaban J connectivity index is 1.90. The molecule has 1 aromatic carbocycles. The topological polar surface area (TPSA) is 54.7 Å². The number of aromatic nitrogens is 2. The van der Waals surface area contributed by atoms with E-state index in [1.807, 2.05) is 0 Å². The van der Waals surface area contributed by atoms with Crippen molar-refractivity contribution in [3.8, 4) is 0 Å². The Morgan fingerprint density at radius 1 is 1.29 bits per heavy atom. The second-order valence-electron chi connectivity index (χ2n) is 5.62. The quantitative estimate of drug-likeness (QED) is 0.828. The summed E-state index contributed by atoms with van der Waals surface area (Å²) < 4.78 is 0. The molecule has 2 aliphatic rings. The Kier molecular flexibility index (Phi) is 1.76. The van der Waals surface area contributed by atoms with Gasteiger partial charge in [0.15, 0.2) is 0 Å². The lowest BCUT2D eigenvalue weighted by Gasteiger charge is -2.24. The maximum absolute atomic E-state index is 6.31. The van der Waals surface area contributed by atoms with Crippen LogP contribution in [-0.2, 0) is 5.54 Å². The first-order valence-corrected chi connectivity index (χ1v) is 6.54. The molecule has 3 N–H and O–H groups in total. The highest BCUT2D eigenvalue weighted by atomic mass is 15.1. The van der Waals surface area contributed by atoms with Crippen LogP contribution in [0, 0.1) is 0 Å². The Bertz CT molecular complexity index is 576. The highest BCUT2D eigenvalue weighted by Crippen LogP contribution is 2.46. The maximum atomic E-state index is 6.31. The molecule has 1 heterocycles. The molecule has 2 saturated carbocycles. The van der Waals surface area contributed by atoms with E-state index in [4.69, 9.17) is 5.73 Å². The molecule has 2 fully saturated rings. The van der Waals surface area contributed by atoms with Crippen LogP contribution >= 0.6 is 0 Å². The molecule has 3 nitrogen and oxygen atoms in total. The molecular weight excluding hydrogens is 210 g/mol. The van der Waals surface area contributed by atoms with Crippen molar-refractivity contribution in [2.75, 3.05) is 0 Å². The van der Waals surface area contributed by atoms with E-state index < -0.39 is 0 Å². The number of benzene rings is 1. The fourth-order valence-electron chi connectivity index (χ4n) is 2.87. The average molecular weight is 227 g/mol. The van der Waals surface area contributed by atoms with E-state index in [0.29, 0.717) is 5.92 Å². The van der Waals surface area contributed by atoms with Crippen molar-refractivity contribution < 1.29 is 0 Å². The van der Waals surface area contributed by atoms with Crippen LogP contribution in [0.5, 0.6) is 0 Å². The molecule has 0 amide bonds. The molecule has 2 aliphatic carbocycles. The van der Waals surface area contributed by atoms with Gasteiger partial charge in [0.1, 0.15) is 0 Å². The van der Waals surface area contributed by atoms with Crippen LogP contribution in [0.25, 0.3) is 10.9 Å². The lowest BCUT2D eigenvalue weighted by atomic mass is 9.81. The molecule has 17 heavy (non-hydrogen) atoms. The summed E-state index contributed by atoms with van der Waals surface area (Å²) in [6, 6.07) is 6.45. The van der Waals surface area contributed by atoms with Gasteiger partial charge >= 0.3 is 0 Å². The van der Waals surface area contributed by atoms with Gasteiger partial charge in [-0.1, -0.05) is 24.6 Å². The molecule has 4 rings (SSSR count). The van der Waals surface area contributed by atoms with Crippen molar-refractivity contribution in [1.29, 1.82) is 0 Å². The monoisotopic (exact) mass is 227 g/mol. The number of nitrogens with one attached hydrogen (secondary N) is 1. The van der Waals surface area contributed by atoms with Gasteiger partial charge in [-0.25, -0.2) is 0 Å². The van der Waals surface area contributed by atoms with Gasteiger partial charge in [-0.2, -0.15) is 5.10 Å². The normalized spacial score (nSPS) is 22.6. The molecule has 3 heteroatoms. The van der Waals surface area contributed by atoms with E-state index in [9.17, 15) is 0 Å². The Morgan fingerprint density at radius 2 is 2.12 bits per heavy atom. The summed E-state index contributed by atoms with van der Waals surface area (Å²) >= 11 is 0. The Hall–Kier alpha value is -1.35. The third kappa shape index (κ3) is 1.29. The number of aromatic amines is 1. The highest BCUT2D eigenvalue weighted by molar-refractivity contribution is 5.86. The zero-order valence-corrected chi connectivity index (χ0v) is 9.87. The van der Waals surface area contributed by atoms with E-state index in [0.717, 1.165) is 18.4 Å². The molecule has 0 saturated heterocycles. The van der Waals surface area contributed by atoms with Crippen LogP contribution < -0.4 is 5.73 Å². The predicted octanol–water partition coefficient (Wildman–Crippen LogP) is 2.78. The first kappa shape index (κ1) is 9.66. The van der Waals surface area contributed by atoms with E-state index in [1.54, 1.807) is 0 Å². The number of fused-ring (bicyclic) bond motifs is 1. The summed E-state index contributed by atoms with van der Waals surface area (Å²) in [6.45, 7) is 0. The van der Waals surface area contributed by atoms with Gasteiger partial charge in [-0.15, -0.1) is 0 Å². The third-order valence-electron chi connectivity index (χ3n) is 4.45. The van der Waals surface area contributed by atoms with Crippen LogP contribution in [0.15, 0.2) is 18.2 Å². The van der Waals surface area contributed by atoms with Gasteiger partial charge in [0.25, 0.3) is 0 Å². The number of H-pyrrole nitrogens is 1. The first-order chi connectivity index (χ1) is 8.28. The largest absolute Gasteiger partial charge is 0.321 e. The molecule has 0 bridgehead atoms. The summed E-state index contributed by atoms with van der Waals surface area (Å²) in [7, 11) is 0. The van der Waals surface area contributed by atoms with Crippen LogP contribution in [0.4, 0.5) is 0 Å². The fraction of sp³-hybridized carbons (Fsp3) is 0.500. The van der Waals surface area contributed by atoms with E-state index in [-0.39, 0.29) is 5.54 Å². The van der Waals surface area contributed by atoms with Crippen LogP contribution in [0.2, 0.25) is 0 Å². The lowest BCUT2D eigenvalue weighted by Crippen LogP contribution is -2.19.